The summed E-state index contributed by atoms with van der Waals surface area (Å²) in [5.41, 5.74) is 8.08. The lowest BCUT2D eigenvalue weighted by Gasteiger charge is -2.54. The van der Waals surface area contributed by atoms with Gasteiger partial charge in [0.1, 0.15) is 85.5 Å². The summed E-state index contributed by atoms with van der Waals surface area (Å²) in [6.07, 6.45) is -16.0. The van der Waals surface area contributed by atoms with Crippen LogP contribution in [-0.4, -0.2) is 131 Å². The molecular formula is C100H108O16Si. The van der Waals surface area contributed by atoms with Gasteiger partial charge < -0.3 is 75.8 Å². The number of aliphatic hydroxyl groups excluding tert-OH is 1. The fraction of sp³-hybridized carbons (Fsp3) is 0.320. The van der Waals surface area contributed by atoms with Crippen molar-refractivity contribution in [2.24, 2.45) is 0 Å². The molecular weight excluding hydrogens is 1490 g/mol. The molecule has 0 amide bonds. The molecule has 1 N–H and O–H groups in total. The lowest BCUT2D eigenvalue weighted by atomic mass is 9.83. The van der Waals surface area contributed by atoms with Gasteiger partial charge in [-0.1, -0.05) is 360 Å². The van der Waals surface area contributed by atoms with Gasteiger partial charge in [-0.2, -0.15) is 0 Å². The average Bonchev–Trinajstić information content (AvgIpc) is 0.746. The quantitative estimate of drug-likeness (QED) is 0.0285. The van der Waals surface area contributed by atoms with Crippen molar-refractivity contribution in [3.8, 4) is 0 Å². The molecule has 16 nitrogen and oxygen atoms in total. The number of hydrogen-bond acceptors (Lipinski definition) is 16. The van der Waals surface area contributed by atoms with E-state index in [2.05, 4.69) is 88.0 Å². The van der Waals surface area contributed by atoms with Crippen LogP contribution < -0.4 is 10.4 Å². The van der Waals surface area contributed by atoms with E-state index in [4.69, 9.17) is 70.7 Å². The second-order valence-corrected chi connectivity index (χ2v) is 35.2. The Morgan fingerprint density at radius 3 is 0.752 bits per heavy atom. The summed E-state index contributed by atoms with van der Waals surface area (Å²) in [5, 5.41) is 13.7. The Balaban J connectivity index is 0.958. The molecule has 3 fully saturated rings. The van der Waals surface area contributed by atoms with Crippen LogP contribution in [0.1, 0.15) is 70.8 Å². The summed E-state index contributed by atoms with van der Waals surface area (Å²) >= 11 is 0. The van der Waals surface area contributed by atoms with Crippen molar-refractivity contribution >= 4 is 18.7 Å². The van der Waals surface area contributed by atoms with Gasteiger partial charge in [-0.3, -0.25) is 0 Å². The smallest absolute Gasteiger partial charge is 0.261 e. The van der Waals surface area contributed by atoms with Crippen LogP contribution in [0.3, 0.4) is 0 Å². The van der Waals surface area contributed by atoms with Crippen LogP contribution in [0.5, 0.6) is 0 Å². The van der Waals surface area contributed by atoms with Crippen LogP contribution >= 0.6 is 0 Å². The number of ether oxygens (including phenoxy) is 14. The third kappa shape index (κ3) is 22.4. The van der Waals surface area contributed by atoms with Crippen LogP contribution in [0.15, 0.2) is 346 Å². The van der Waals surface area contributed by atoms with Crippen LogP contribution in [0, 0.1) is 0 Å². The summed E-state index contributed by atoms with van der Waals surface area (Å²) in [7, 11) is -3.37. The van der Waals surface area contributed by atoms with E-state index in [1.54, 1.807) is 6.08 Å². The van der Waals surface area contributed by atoms with E-state index in [9.17, 15) is 5.11 Å². The molecule has 2 saturated heterocycles. The molecule has 14 rings (SSSR count). The fourth-order valence-corrected chi connectivity index (χ4v) is 20.5. The molecule has 2 heterocycles. The van der Waals surface area contributed by atoms with E-state index in [0.29, 0.717) is 0 Å². The fourth-order valence-electron chi connectivity index (χ4n) is 15.9. The van der Waals surface area contributed by atoms with E-state index in [1.165, 1.54) is 0 Å². The van der Waals surface area contributed by atoms with Crippen LogP contribution in [-0.2, 0) is 130 Å². The molecule has 11 aromatic rings. The first-order chi connectivity index (χ1) is 57.6. The van der Waals surface area contributed by atoms with Gasteiger partial charge >= 0.3 is 0 Å². The molecule has 3 aliphatic rings. The second-order valence-electron chi connectivity index (χ2n) is 30.9. The minimum absolute atomic E-state index is 0.00111. The van der Waals surface area contributed by atoms with Gasteiger partial charge in [-0.25, -0.2) is 0 Å². The number of benzene rings is 11. The number of aliphatic hydroxyl groups is 1. The molecule has 0 aromatic heterocycles. The molecule has 0 bridgehead atoms. The van der Waals surface area contributed by atoms with E-state index in [0.717, 1.165) is 60.4 Å². The number of hydrogen-bond donors (Lipinski definition) is 1. The zero-order valence-corrected chi connectivity index (χ0v) is 67.8. The Morgan fingerprint density at radius 1 is 0.282 bits per heavy atom. The van der Waals surface area contributed by atoms with Gasteiger partial charge in [0, 0.05) is 0 Å². The molecule has 1 saturated carbocycles. The average molecular weight is 1590 g/mol. The predicted molar refractivity (Wildman–Crippen MR) is 453 cm³/mol. The standard InChI is InChI=1S/C100H108O16Si/c1-5-61-102-93-94(115-98-96(110-70-80-53-31-13-32-54-80)88(105-65-75-43-21-8-22-44-75)86(84(62-101)113-98)103-63-73-39-17-6-18-40-73)91(108-68-78-49-27-11-28-50-78)90(107-67-77-47-25-10-26-48-77)92(109-69-79-51-29-12-30-52-79)95(93)116-99-97(111-71-81-55-33-14-34-56-81)89(106-66-76-45-23-9-24-46-76)87(104-64-74-41-19-7-20-42-74)85(114-99)72-112-117(100(2,3)4,82-57-35-15-36-58-82)83-59-37-16-38-60-83/h5-60,84-99,101H,1,61-72H2,2-4H3/t84-,85-,86-,87-,88+,89+,90?,91+,92-,93+,94-,95-,96+,97+,98-,99-/m1/s1. The molecule has 16 atom stereocenters. The molecule has 117 heavy (non-hydrogen) atoms. The third-order valence-corrected chi connectivity index (χ3v) is 26.7. The molecule has 0 spiro atoms. The molecule has 1 aliphatic carbocycles. The minimum Gasteiger partial charge on any atom is -0.405 e. The maximum Gasteiger partial charge on any atom is 0.261 e. The Morgan fingerprint density at radius 2 is 0.496 bits per heavy atom. The Hall–Kier alpha value is -9.26. The summed E-state index contributed by atoms with van der Waals surface area (Å²) < 4.78 is 114. The highest BCUT2D eigenvalue weighted by Crippen LogP contribution is 2.44. The van der Waals surface area contributed by atoms with Crippen LogP contribution in [0.25, 0.3) is 0 Å². The largest absolute Gasteiger partial charge is 0.405 e. The summed E-state index contributed by atoms with van der Waals surface area (Å²) in [6, 6.07) is 111. The van der Waals surface area contributed by atoms with Crippen molar-refractivity contribution in [1.82, 2.24) is 0 Å². The van der Waals surface area contributed by atoms with Gasteiger partial charge in [0.15, 0.2) is 12.6 Å². The zero-order chi connectivity index (χ0) is 80.3. The van der Waals surface area contributed by atoms with Crippen molar-refractivity contribution in [2.75, 3.05) is 19.8 Å². The summed E-state index contributed by atoms with van der Waals surface area (Å²) in [4.78, 5) is 0. The maximum atomic E-state index is 12.0. The highest BCUT2D eigenvalue weighted by Gasteiger charge is 2.61. The minimum atomic E-state index is -3.37. The lowest BCUT2D eigenvalue weighted by Crippen LogP contribution is -2.71. The lowest BCUT2D eigenvalue weighted by molar-refractivity contribution is -0.382. The first-order valence-electron chi connectivity index (χ1n) is 40.7. The normalized spacial score (nSPS) is 24.2. The highest BCUT2D eigenvalue weighted by molar-refractivity contribution is 6.99. The maximum absolute atomic E-state index is 12.0. The van der Waals surface area contributed by atoms with Gasteiger partial charge in [-0.05, 0) is 65.5 Å². The Labute approximate surface area is 690 Å². The Kier molecular flexibility index (Phi) is 30.9. The van der Waals surface area contributed by atoms with Gasteiger partial charge in [0.25, 0.3) is 8.32 Å². The van der Waals surface area contributed by atoms with Gasteiger partial charge in [-0.15, -0.1) is 6.58 Å². The Bertz CT molecular complexity index is 4570. The van der Waals surface area contributed by atoms with Gasteiger partial charge in [0.2, 0.25) is 0 Å². The molecule has 17 heteroatoms. The topological polar surface area (TPSA) is 159 Å². The summed E-state index contributed by atoms with van der Waals surface area (Å²) in [6.45, 7) is 11.6. The van der Waals surface area contributed by atoms with Crippen molar-refractivity contribution in [2.45, 2.75) is 183 Å². The molecule has 11 aromatic carbocycles. The molecule has 2 aliphatic heterocycles. The van der Waals surface area contributed by atoms with Crippen LogP contribution in [0.4, 0.5) is 0 Å². The molecule has 608 valence electrons. The zero-order valence-electron chi connectivity index (χ0n) is 66.8. The second kappa shape index (κ2) is 42.9. The first kappa shape index (κ1) is 84.2. The van der Waals surface area contributed by atoms with Crippen molar-refractivity contribution in [3.63, 3.8) is 0 Å². The van der Waals surface area contributed by atoms with E-state index < -0.39 is 118 Å². The van der Waals surface area contributed by atoms with Crippen molar-refractivity contribution in [3.05, 3.63) is 396 Å². The highest BCUT2D eigenvalue weighted by atomic mass is 28.4. The SMILES string of the molecule is C=CCO[C@@H]1[C@H](O[C@H]2O[C@H](CO[Si](c3ccccc3)(c3ccccc3)C(C)(C)C)[C@@H](OCc3ccccc3)[C@H](OCc3ccccc3)[C@@H]2OCc2ccccc2)[C@H](OCc2ccccc2)C(OCc2ccccc2)[C@H](OCc2ccccc2)[C@H]1O[C@H]1O[C@H](CO)[C@@H](OCc2ccccc2)[C@H](OCc2ccccc2)[C@@H]1OCc1ccccc1. The van der Waals surface area contributed by atoms with E-state index >= 15 is 0 Å². The monoisotopic (exact) mass is 1590 g/mol. The van der Waals surface area contributed by atoms with E-state index in [-0.39, 0.29) is 72.7 Å². The van der Waals surface area contributed by atoms with Crippen LogP contribution in [0.2, 0.25) is 5.04 Å². The third-order valence-electron chi connectivity index (χ3n) is 21.7. The van der Waals surface area contributed by atoms with Crippen molar-refractivity contribution in [1.29, 1.82) is 0 Å². The summed E-state index contributed by atoms with van der Waals surface area (Å²) in [5.74, 6) is 0. The molecule has 1 unspecified atom stereocenters. The number of rotatable bonds is 40. The predicted octanol–water partition coefficient (Wildman–Crippen LogP) is 16.6. The van der Waals surface area contributed by atoms with Gasteiger partial charge in [0.05, 0.1) is 79.3 Å². The van der Waals surface area contributed by atoms with E-state index in [1.807, 2.05) is 273 Å². The first-order valence-corrected chi connectivity index (χ1v) is 42.6. The van der Waals surface area contributed by atoms with Crippen molar-refractivity contribution < 1.29 is 75.8 Å². The molecule has 0 radical (unpaired) electrons.